The summed E-state index contributed by atoms with van der Waals surface area (Å²) in [7, 11) is 0. The molecule has 0 saturated carbocycles. The van der Waals surface area contributed by atoms with Crippen LogP contribution in [0.3, 0.4) is 0 Å². The highest BCUT2D eigenvalue weighted by Crippen LogP contribution is 2.16. The number of rotatable bonds is 5. The Hall–Kier alpha value is -0.630. The smallest absolute Gasteiger partial charge is 0.0621 e. The Morgan fingerprint density at radius 1 is 1.19 bits per heavy atom. The van der Waals surface area contributed by atoms with Crippen LogP contribution < -0.4 is 5.32 Å². The zero-order valence-electron chi connectivity index (χ0n) is 9.99. The Labute approximate surface area is 98.2 Å². The Morgan fingerprint density at radius 2 is 1.94 bits per heavy atom. The summed E-state index contributed by atoms with van der Waals surface area (Å²) < 4.78 is 0. The van der Waals surface area contributed by atoms with Crippen LogP contribution in [0, 0.1) is 11.3 Å². The first-order chi connectivity index (χ1) is 7.90. The summed E-state index contributed by atoms with van der Waals surface area (Å²) in [6.45, 7) is 8.40. The fourth-order valence-electron chi connectivity index (χ4n) is 2.54. The third-order valence-electron chi connectivity index (χ3n) is 3.62. The molecule has 90 valence electrons. The number of unbranched alkanes of at least 4 members (excludes halogenated alkanes) is 2. The maximum Gasteiger partial charge on any atom is 0.0621 e. The van der Waals surface area contributed by atoms with Crippen molar-refractivity contribution in [2.45, 2.75) is 25.3 Å². The number of hydrogen-bond acceptors (Lipinski definition) is 4. The molecule has 0 aromatic heterocycles. The highest BCUT2D eigenvalue weighted by Gasteiger charge is 2.31. The van der Waals surface area contributed by atoms with Crippen LogP contribution in [0.5, 0.6) is 0 Å². The molecule has 2 heterocycles. The number of nitriles is 1. The van der Waals surface area contributed by atoms with Crippen molar-refractivity contribution in [3.05, 3.63) is 0 Å². The molecule has 2 fully saturated rings. The summed E-state index contributed by atoms with van der Waals surface area (Å²) in [6.07, 6.45) is 2.96. The van der Waals surface area contributed by atoms with Crippen molar-refractivity contribution >= 4 is 0 Å². The average molecular weight is 222 g/mol. The van der Waals surface area contributed by atoms with Gasteiger partial charge in [0.1, 0.15) is 0 Å². The van der Waals surface area contributed by atoms with Gasteiger partial charge in [0, 0.05) is 51.7 Å². The average Bonchev–Trinajstić information content (AvgIpc) is 2.28. The van der Waals surface area contributed by atoms with Gasteiger partial charge in [-0.3, -0.25) is 4.90 Å². The number of hydrogen-bond donors (Lipinski definition) is 1. The molecule has 0 radical (unpaired) electrons. The molecule has 2 aliphatic heterocycles. The molecule has 2 rings (SSSR count). The lowest BCUT2D eigenvalue weighted by Crippen LogP contribution is -2.62. The number of nitrogens with one attached hydrogen (secondary N) is 1. The van der Waals surface area contributed by atoms with Crippen LogP contribution in [0.25, 0.3) is 0 Å². The zero-order chi connectivity index (χ0) is 11.2. The van der Waals surface area contributed by atoms with Crippen LogP contribution in [0.2, 0.25) is 0 Å². The van der Waals surface area contributed by atoms with E-state index in [4.69, 9.17) is 5.26 Å². The van der Waals surface area contributed by atoms with Gasteiger partial charge in [0.25, 0.3) is 0 Å². The predicted molar refractivity (Wildman–Crippen MR) is 64.1 cm³/mol. The van der Waals surface area contributed by atoms with E-state index in [9.17, 15) is 0 Å². The quantitative estimate of drug-likeness (QED) is 0.678. The molecule has 4 heteroatoms. The van der Waals surface area contributed by atoms with Crippen molar-refractivity contribution in [1.29, 1.82) is 5.26 Å². The van der Waals surface area contributed by atoms with E-state index in [0.29, 0.717) is 0 Å². The number of likely N-dealkylation sites (tertiary alicyclic amines) is 1. The molecule has 2 aliphatic rings. The van der Waals surface area contributed by atoms with E-state index in [1.54, 1.807) is 0 Å². The first-order valence-corrected chi connectivity index (χ1v) is 6.44. The van der Waals surface area contributed by atoms with Crippen molar-refractivity contribution in [3.8, 4) is 6.07 Å². The second kappa shape index (κ2) is 6.19. The number of piperazine rings is 1. The van der Waals surface area contributed by atoms with Gasteiger partial charge < -0.3 is 10.2 Å². The van der Waals surface area contributed by atoms with Crippen LogP contribution >= 0.6 is 0 Å². The Balaban J connectivity index is 1.53. The van der Waals surface area contributed by atoms with Crippen LogP contribution in [0.1, 0.15) is 19.3 Å². The minimum Gasteiger partial charge on any atom is -0.314 e. The molecular formula is C12H22N4. The molecule has 0 aromatic carbocycles. The Kier molecular flexibility index (Phi) is 4.58. The predicted octanol–water partition coefficient (Wildman–Crippen LogP) is 0.270. The van der Waals surface area contributed by atoms with Crippen LogP contribution in [-0.4, -0.2) is 61.7 Å². The third-order valence-corrected chi connectivity index (χ3v) is 3.62. The lowest BCUT2D eigenvalue weighted by Gasteiger charge is -2.47. The molecule has 0 amide bonds. The van der Waals surface area contributed by atoms with Gasteiger partial charge in [-0.1, -0.05) is 0 Å². The van der Waals surface area contributed by atoms with Gasteiger partial charge in [-0.25, -0.2) is 0 Å². The summed E-state index contributed by atoms with van der Waals surface area (Å²) in [6, 6.07) is 3.01. The molecule has 0 aliphatic carbocycles. The van der Waals surface area contributed by atoms with Gasteiger partial charge in [-0.2, -0.15) is 5.26 Å². The van der Waals surface area contributed by atoms with E-state index in [1.807, 2.05) is 0 Å². The van der Waals surface area contributed by atoms with Gasteiger partial charge in [-0.15, -0.1) is 0 Å². The normalized spacial score (nSPS) is 23.9. The van der Waals surface area contributed by atoms with Gasteiger partial charge >= 0.3 is 0 Å². The lowest BCUT2D eigenvalue weighted by molar-refractivity contribution is 0.0266. The summed E-state index contributed by atoms with van der Waals surface area (Å²) in [5.41, 5.74) is 0. The first kappa shape index (κ1) is 11.8. The largest absolute Gasteiger partial charge is 0.314 e. The topological polar surface area (TPSA) is 42.3 Å². The Morgan fingerprint density at radius 3 is 2.62 bits per heavy atom. The lowest BCUT2D eigenvalue weighted by atomic mass is 10.1. The molecule has 0 bridgehead atoms. The highest BCUT2D eigenvalue weighted by molar-refractivity contribution is 4.89. The third kappa shape index (κ3) is 3.18. The van der Waals surface area contributed by atoms with Crippen molar-refractivity contribution in [2.24, 2.45) is 0 Å². The van der Waals surface area contributed by atoms with E-state index >= 15 is 0 Å². The van der Waals surface area contributed by atoms with Crippen molar-refractivity contribution < 1.29 is 0 Å². The fraction of sp³-hybridized carbons (Fsp3) is 0.917. The van der Waals surface area contributed by atoms with Gasteiger partial charge in [-0.05, 0) is 19.4 Å². The minimum absolute atomic E-state index is 0.717. The van der Waals surface area contributed by atoms with Crippen LogP contribution in [-0.2, 0) is 0 Å². The van der Waals surface area contributed by atoms with Crippen LogP contribution in [0.4, 0.5) is 0 Å². The van der Waals surface area contributed by atoms with Crippen molar-refractivity contribution in [2.75, 3.05) is 45.8 Å². The van der Waals surface area contributed by atoms with Crippen molar-refractivity contribution in [1.82, 2.24) is 15.1 Å². The number of nitrogens with zero attached hydrogens (tertiary/aromatic N) is 3. The SMILES string of the molecule is N#CCCCCN1CC(N2CCNCC2)C1. The van der Waals surface area contributed by atoms with E-state index in [1.165, 1.54) is 39.1 Å². The van der Waals surface area contributed by atoms with E-state index in [2.05, 4.69) is 21.2 Å². The molecule has 2 saturated heterocycles. The van der Waals surface area contributed by atoms with Crippen molar-refractivity contribution in [3.63, 3.8) is 0 Å². The molecule has 1 N–H and O–H groups in total. The van der Waals surface area contributed by atoms with E-state index in [-0.39, 0.29) is 0 Å². The molecular weight excluding hydrogens is 200 g/mol. The standard InChI is InChI=1S/C12H22N4/c13-4-2-1-3-7-15-10-12(11-15)16-8-5-14-6-9-16/h12,14H,1-3,5-11H2. The summed E-state index contributed by atoms with van der Waals surface area (Å²) in [4.78, 5) is 5.13. The second-order valence-electron chi connectivity index (χ2n) is 4.81. The van der Waals surface area contributed by atoms with E-state index < -0.39 is 0 Å². The molecule has 0 unspecified atom stereocenters. The maximum atomic E-state index is 8.44. The minimum atomic E-state index is 0.717. The molecule has 4 nitrogen and oxygen atoms in total. The highest BCUT2D eigenvalue weighted by atomic mass is 15.3. The molecule has 16 heavy (non-hydrogen) atoms. The maximum absolute atomic E-state index is 8.44. The zero-order valence-corrected chi connectivity index (χ0v) is 9.99. The molecule has 0 aromatic rings. The summed E-state index contributed by atoms with van der Waals surface area (Å²) in [5, 5.41) is 11.8. The van der Waals surface area contributed by atoms with E-state index in [0.717, 1.165) is 32.0 Å². The fourth-order valence-corrected chi connectivity index (χ4v) is 2.54. The Bertz CT molecular complexity index is 236. The van der Waals surface area contributed by atoms with Gasteiger partial charge in [0.05, 0.1) is 6.07 Å². The second-order valence-corrected chi connectivity index (χ2v) is 4.81. The first-order valence-electron chi connectivity index (χ1n) is 6.44. The summed E-state index contributed by atoms with van der Waals surface area (Å²) in [5.74, 6) is 0. The monoisotopic (exact) mass is 222 g/mol. The molecule has 0 spiro atoms. The van der Waals surface area contributed by atoms with Crippen LogP contribution in [0.15, 0.2) is 0 Å². The molecule has 0 atom stereocenters. The van der Waals surface area contributed by atoms with Gasteiger partial charge in [0.15, 0.2) is 0 Å². The summed E-state index contributed by atoms with van der Waals surface area (Å²) >= 11 is 0. The van der Waals surface area contributed by atoms with Gasteiger partial charge in [0.2, 0.25) is 0 Å².